The van der Waals surface area contributed by atoms with E-state index in [9.17, 15) is 9.59 Å². The summed E-state index contributed by atoms with van der Waals surface area (Å²) in [6, 6.07) is 19.3. The van der Waals surface area contributed by atoms with Crippen LogP contribution < -0.4 is 5.32 Å². The highest BCUT2D eigenvalue weighted by molar-refractivity contribution is 5.95. The smallest absolute Gasteiger partial charge is 0.253 e. The van der Waals surface area contributed by atoms with E-state index in [0.29, 0.717) is 48.7 Å². The fourth-order valence-electron chi connectivity index (χ4n) is 4.60. The fourth-order valence-corrected chi connectivity index (χ4v) is 4.60. The Morgan fingerprint density at radius 1 is 1.06 bits per heavy atom. The highest BCUT2D eigenvalue weighted by Gasteiger charge is 2.25. The lowest BCUT2D eigenvalue weighted by molar-refractivity contribution is 0.0712. The van der Waals surface area contributed by atoms with Crippen molar-refractivity contribution in [2.75, 3.05) is 19.6 Å². The van der Waals surface area contributed by atoms with E-state index in [1.807, 2.05) is 67.3 Å². The van der Waals surface area contributed by atoms with E-state index in [1.165, 1.54) is 5.56 Å². The second-order valence-electron chi connectivity index (χ2n) is 9.01. The summed E-state index contributed by atoms with van der Waals surface area (Å²) in [5, 5.41) is 11.8. The van der Waals surface area contributed by atoms with Gasteiger partial charge in [0, 0.05) is 49.1 Å². The van der Waals surface area contributed by atoms with E-state index in [0.717, 1.165) is 29.7 Å². The number of nitrogens with zero attached hydrogens (tertiary/aromatic N) is 3. The molecular formula is C29H30N4O2. The van der Waals surface area contributed by atoms with Gasteiger partial charge in [0.1, 0.15) is 0 Å². The van der Waals surface area contributed by atoms with Crippen LogP contribution in [0.4, 0.5) is 0 Å². The lowest BCUT2D eigenvalue weighted by Crippen LogP contribution is -2.38. The van der Waals surface area contributed by atoms with Gasteiger partial charge < -0.3 is 10.2 Å². The molecule has 1 aromatic heterocycles. The van der Waals surface area contributed by atoms with E-state index in [2.05, 4.69) is 16.4 Å². The third kappa shape index (κ3) is 5.75. The topological polar surface area (TPSA) is 86.1 Å². The Morgan fingerprint density at radius 2 is 1.80 bits per heavy atom. The number of amides is 2. The van der Waals surface area contributed by atoms with Gasteiger partial charge in [0.25, 0.3) is 11.8 Å². The summed E-state index contributed by atoms with van der Waals surface area (Å²) >= 11 is 0. The minimum atomic E-state index is -0.110. The van der Waals surface area contributed by atoms with Gasteiger partial charge in [0.2, 0.25) is 0 Å². The molecule has 4 rings (SSSR count). The summed E-state index contributed by atoms with van der Waals surface area (Å²) in [5.41, 5.74) is 6.09. The number of likely N-dealkylation sites (tertiary alicyclic amines) is 1. The van der Waals surface area contributed by atoms with Gasteiger partial charge in [-0.2, -0.15) is 5.26 Å². The summed E-state index contributed by atoms with van der Waals surface area (Å²) in [7, 11) is 0. The number of aromatic nitrogens is 1. The first kappa shape index (κ1) is 24.2. The van der Waals surface area contributed by atoms with Crippen LogP contribution in [0.3, 0.4) is 0 Å². The zero-order chi connectivity index (χ0) is 24.8. The number of piperidine rings is 1. The number of hydrogen-bond acceptors (Lipinski definition) is 4. The number of pyridine rings is 1. The average molecular weight is 467 g/mol. The Kier molecular flexibility index (Phi) is 7.57. The first-order valence-corrected chi connectivity index (χ1v) is 12.1. The van der Waals surface area contributed by atoms with Crippen LogP contribution in [0.2, 0.25) is 0 Å². The molecule has 0 radical (unpaired) electrons. The normalized spacial score (nSPS) is 13.8. The second kappa shape index (κ2) is 11.0. The fraction of sp³-hybridized carbons (Fsp3) is 0.310. The molecule has 0 atom stereocenters. The highest BCUT2D eigenvalue weighted by atomic mass is 16.2. The molecule has 0 unspecified atom stereocenters. The molecule has 1 aliphatic heterocycles. The van der Waals surface area contributed by atoms with Crippen molar-refractivity contribution in [1.82, 2.24) is 15.2 Å². The lowest BCUT2D eigenvalue weighted by atomic mass is 9.88. The van der Waals surface area contributed by atoms with Gasteiger partial charge in [-0.05, 0) is 85.7 Å². The molecule has 3 aromatic rings. The molecule has 2 aromatic carbocycles. The van der Waals surface area contributed by atoms with Gasteiger partial charge in [-0.15, -0.1) is 0 Å². The van der Waals surface area contributed by atoms with Crippen LogP contribution in [-0.4, -0.2) is 41.3 Å². The minimum absolute atomic E-state index is 0.0496. The quantitative estimate of drug-likeness (QED) is 0.574. The van der Waals surface area contributed by atoms with Crippen LogP contribution in [0, 0.1) is 18.3 Å². The maximum Gasteiger partial charge on any atom is 0.253 e. The molecule has 6 heteroatoms. The Morgan fingerprint density at radius 3 is 2.49 bits per heavy atom. The molecule has 2 heterocycles. The third-order valence-corrected chi connectivity index (χ3v) is 6.68. The largest absolute Gasteiger partial charge is 0.352 e. The van der Waals surface area contributed by atoms with Crippen LogP contribution in [0.1, 0.15) is 74.3 Å². The molecule has 1 N–H and O–H groups in total. The van der Waals surface area contributed by atoms with Crippen LogP contribution in [0.25, 0.3) is 0 Å². The van der Waals surface area contributed by atoms with Crippen molar-refractivity contribution in [2.45, 2.75) is 39.0 Å². The first-order valence-electron chi connectivity index (χ1n) is 12.1. The summed E-state index contributed by atoms with van der Waals surface area (Å²) < 4.78 is 0. The highest BCUT2D eigenvalue weighted by Crippen LogP contribution is 2.29. The number of nitrogens with one attached hydrogen (secondary N) is 1. The molecule has 178 valence electrons. The second-order valence-corrected chi connectivity index (χ2v) is 9.01. The van der Waals surface area contributed by atoms with Crippen molar-refractivity contribution < 1.29 is 9.59 Å². The molecule has 35 heavy (non-hydrogen) atoms. The standard InChI is InChI=1S/C29H30N4O2/c1-3-31-28(34)24-10-13-32-27(17-24)18-26-16-25(7-4-20(26)2)29(35)33-14-11-23(12-15-33)22-8-5-21(19-30)6-9-22/h4-10,13,16-17,23H,3,11-12,14-15,18H2,1-2H3,(H,31,34). The molecule has 1 aliphatic rings. The molecule has 2 amide bonds. The zero-order valence-electron chi connectivity index (χ0n) is 20.3. The third-order valence-electron chi connectivity index (χ3n) is 6.68. The Bertz CT molecular complexity index is 1250. The molecule has 0 spiro atoms. The zero-order valence-corrected chi connectivity index (χ0v) is 20.3. The van der Waals surface area contributed by atoms with E-state index >= 15 is 0 Å². The molecule has 0 saturated carbocycles. The summed E-state index contributed by atoms with van der Waals surface area (Å²) in [6.07, 6.45) is 4.03. The maximum atomic E-state index is 13.3. The summed E-state index contributed by atoms with van der Waals surface area (Å²) in [5.74, 6) is 0.346. The van der Waals surface area contributed by atoms with Crippen LogP contribution >= 0.6 is 0 Å². The SMILES string of the molecule is CCNC(=O)c1ccnc(Cc2cc(C(=O)N3CCC(c4ccc(C#N)cc4)CC3)ccc2C)c1. The molecule has 1 saturated heterocycles. The first-order chi connectivity index (χ1) is 17.0. The number of rotatable bonds is 6. The predicted octanol–water partition coefficient (Wildman–Crippen LogP) is 4.62. The number of nitriles is 1. The summed E-state index contributed by atoms with van der Waals surface area (Å²) in [4.78, 5) is 31.8. The van der Waals surface area contributed by atoms with Crippen molar-refractivity contribution in [3.63, 3.8) is 0 Å². The molecular weight excluding hydrogens is 436 g/mol. The van der Waals surface area contributed by atoms with E-state index in [4.69, 9.17) is 5.26 Å². The Balaban J connectivity index is 1.43. The molecule has 1 fully saturated rings. The number of carbonyl (C=O) groups is 2. The van der Waals surface area contributed by atoms with Gasteiger partial charge in [0.05, 0.1) is 11.6 Å². The van der Waals surface area contributed by atoms with Gasteiger partial charge in [-0.3, -0.25) is 14.6 Å². The number of carbonyl (C=O) groups excluding carboxylic acids is 2. The van der Waals surface area contributed by atoms with Gasteiger partial charge in [-0.25, -0.2) is 0 Å². The monoisotopic (exact) mass is 466 g/mol. The van der Waals surface area contributed by atoms with Crippen molar-refractivity contribution in [3.05, 3.63) is 99.9 Å². The summed E-state index contributed by atoms with van der Waals surface area (Å²) in [6.45, 7) is 5.91. The van der Waals surface area contributed by atoms with E-state index in [1.54, 1.807) is 12.3 Å². The number of benzene rings is 2. The predicted molar refractivity (Wildman–Crippen MR) is 135 cm³/mol. The lowest BCUT2D eigenvalue weighted by Gasteiger charge is -2.32. The van der Waals surface area contributed by atoms with Crippen molar-refractivity contribution in [3.8, 4) is 6.07 Å². The average Bonchev–Trinajstić information content (AvgIpc) is 2.90. The van der Waals surface area contributed by atoms with E-state index in [-0.39, 0.29) is 11.8 Å². The van der Waals surface area contributed by atoms with Crippen molar-refractivity contribution in [1.29, 1.82) is 5.26 Å². The van der Waals surface area contributed by atoms with Gasteiger partial charge >= 0.3 is 0 Å². The number of aryl methyl sites for hydroxylation is 1. The maximum absolute atomic E-state index is 13.3. The minimum Gasteiger partial charge on any atom is -0.352 e. The van der Waals surface area contributed by atoms with Gasteiger partial charge in [0.15, 0.2) is 0 Å². The van der Waals surface area contributed by atoms with Crippen LogP contribution in [0.5, 0.6) is 0 Å². The molecule has 0 bridgehead atoms. The van der Waals surface area contributed by atoms with E-state index < -0.39 is 0 Å². The molecule has 6 nitrogen and oxygen atoms in total. The molecule has 0 aliphatic carbocycles. The number of hydrogen-bond donors (Lipinski definition) is 1. The Hall–Kier alpha value is -3.98. The Labute approximate surface area is 206 Å². The van der Waals surface area contributed by atoms with Crippen molar-refractivity contribution >= 4 is 11.8 Å². The van der Waals surface area contributed by atoms with Crippen LogP contribution in [0.15, 0.2) is 60.8 Å². The van der Waals surface area contributed by atoms with Gasteiger partial charge in [-0.1, -0.05) is 18.2 Å². The van der Waals surface area contributed by atoms with Crippen molar-refractivity contribution in [2.24, 2.45) is 0 Å². The van der Waals surface area contributed by atoms with Crippen LogP contribution in [-0.2, 0) is 6.42 Å².